The summed E-state index contributed by atoms with van der Waals surface area (Å²) in [6.45, 7) is 0. The molecule has 0 saturated heterocycles. The summed E-state index contributed by atoms with van der Waals surface area (Å²) in [5.74, 6) is 0.866. The van der Waals surface area contributed by atoms with Gasteiger partial charge in [0.05, 0.1) is 12.8 Å². The van der Waals surface area contributed by atoms with Crippen molar-refractivity contribution in [1.82, 2.24) is 10.2 Å². The van der Waals surface area contributed by atoms with Gasteiger partial charge in [0.1, 0.15) is 5.75 Å². The van der Waals surface area contributed by atoms with Gasteiger partial charge in [0, 0.05) is 28.7 Å². The molecule has 1 aliphatic rings. The number of aromatic amines is 1. The predicted molar refractivity (Wildman–Crippen MR) is 117 cm³/mol. The highest BCUT2D eigenvalue weighted by Gasteiger charge is 2.36. The van der Waals surface area contributed by atoms with E-state index in [1.165, 1.54) is 16.7 Å². The van der Waals surface area contributed by atoms with Crippen molar-refractivity contribution in [2.24, 2.45) is 0 Å². The summed E-state index contributed by atoms with van der Waals surface area (Å²) in [5, 5.41) is 7.97. The second-order valence-electron chi connectivity index (χ2n) is 7.41. The Kier molecular flexibility index (Phi) is 4.28. The highest BCUT2D eigenvalue weighted by Crippen LogP contribution is 2.43. The Morgan fingerprint density at radius 1 is 0.828 bits per heavy atom. The molecule has 1 aliphatic carbocycles. The van der Waals surface area contributed by atoms with Gasteiger partial charge in [-0.25, -0.2) is 0 Å². The summed E-state index contributed by atoms with van der Waals surface area (Å²) in [6.07, 6.45) is 5.38. The van der Waals surface area contributed by atoms with Crippen LogP contribution in [0, 0.1) is 0 Å². The zero-order valence-corrected chi connectivity index (χ0v) is 16.3. The maximum Gasteiger partial charge on any atom is 0.118 e. The number of methoxy groups -OCH3 is 1. The fourth-order valence-corrected chi connectivity index (χ4v) is 4.27. The Morgan fingerprint density at radius 2 is 1.48 bits per heavy atom. The maximum atomic E-state index is 5.37. The summed E-state index contributed by atoms with van der Waals surface area (Å²) in [7, 11) is 1.70. The van der Waals surface area contributed by atoms with Crippen LogP contribution in [0.3, 0.4) is 0 Å². The van der Waals surface area contributed by atoms with Crippen LogP contribution in [0.4, 0.5) is 0 Å². The molecule has 0 spiro atoms. The first kappa shape index (κ1) is 17.5. The lowest BCUT2D eigenvalue weighted by Crippen LogP contribution is -2.30. The van der Waals surface area contributed by atoms with E-state index in [1.54, 1.807) is 7.11 Å². The van der Waals surface area contributed by atoms with E-state index in [0.29, 0.717) is 0 Å². The molecule has 0 saturated carbocycles. The highest BCUT2D eigenvalue weighted by atomic mass is 16.5. The van der Waals surface area contributed by atoms with Crippen molar-refractivity contribution in [3.63, 3.8) is 0 Å². The van der Waals surface area contributed by atoms with Crippen molar-refractivity contribution in [2.75, 3.05) is 7.11 Å². The van der Waals surface area contributed by atoms with Gasteiger partial charge in [-0.1, -0.05) is 84.9 Å². The first-order chi connectivity index (χ1) is 14.3. The molecule has 1 unspecified atom stereocenters. The number of rotatable bonds is 4. The molecule has 0 fully saturated rings. The Balaban J connectivity index is 1.64. The van der Waals surface area contributed by atoms with Gasteiger partial charge in [0.25, 0.3) is 0 Å². The van der Waals surface area contributed by atoms with Gasteiger partial charge in [-0.3, -0.25) is 5.10 Å². The van der Waals surface area contributed by atoms with Crippen LogP contribution in [0.2, 0.25) is 0 Å². The fourth-order valence-electron chi connectivity index (χ4n) is 4.27. The number of nitrogens with one attached hydrogen (secondary N) is 1. The van der Waals surface area contributed by atoms with Crippen LogP contribution in [0.15, 0.2) is 91.0 Å². The monoisotopic (exact) mass is 378 g/mol. The molecule has 0 aliphatic heterocycles. The first-order valence-corrected chi connectivity index (χ1v) is 9.82. The quantitative estimate of drug-likeness (QED) is 0.499. The maximum absolute atomic E-state index is 5.37. The van der Waals surface area contributed by atoms with Crippen molar-refractivity contribution < 1.29 is 4.74 Å². The van der Waals surface area contributed by atoms with E-state index in [9.17, 15) is 0 Å². The number of fused-ring (bicyclic) bond motifs is 1. The summed E-state index contributed by atoms with van der Waals surface area (Å²) >= 11 is 0. The fraction of sp³-hybridized carbons (Fsp3) is 0.115. The standard InChI is InChI=1S/C26H22N2O/c1-29-22-14-12-21(13-15-22)26(20-10-6-3-7-11-20)17-16-23-24(18-26)27-28-25(23)19-8-4-2-5-9-19/h2-17H,18H2,1H3,(H,27,28). The second kappa shape index (κ2) is 7.10. The van der Waals surface area contributed by atoms with Gasteiger partial charge in [-0.2, -0.15) is 5.10 Å². The number of ether oxygens (including phenoxy) is 1. The van der Waals surface area contributed by atoms with Crippen LogP contribution in [0.1, 0.15) is 22.4 Å². The number of allylic oxidation sites excluding steroid dienone is 1. The van der Waals surface area contributed by atoms with Crippen LogP contribution in [0.5, 0.6) is 5.75 Å². The molecule has 0 amide bonds. The smallest absolute Gasteiger partial charge is 0.118 e. The summed E-state index contributed by atoms with van der Waals surface area (Å²) in [5.41, 5.74) is 6.73. The molecule has 1 heterocycles. The van der Waals surface area contributed by atoms with Crippen molar-refractivity contribution in [3.8, 4) is 17.0 Å². The first-order valence-electron chi connectivity index (χ1n) is 9.82. The van der Waals surface area contributed by atoms with Crippen LogP contribution >= 0.6 is 0 Å². The zero-order chi connectivity index (χ0) is 19.7. The van der Waals surface area contributed by atoms with Gasteiger partial charge >= 0.3 is 0 Å². The van der Waals surface area contributed by atoms with E-state index in [0.717, 1.165) is 29.1 Å². The molecule has 0 bridgehead atoms. The van der Waals surface area contributed by atoms with E-state index in [4.69, 9.17) is 4.74 Å². The molecule has 29 heavy (non-hydrogen) atoms. The van der Waals surface area contributed by atoms with Gasteiger partial charge in [-0.05, 0) is 23.3 Å². The molecule has 1 N–H and O–H groups in total. The number of hydrogen-bond acceptors (Lipinski definition) is 2. The number of H-pyrrole nitrogens is 1. The van der Waals surface area contributed by atoms with E-state index in [-0.39, 0.29) is 5.41 Å². The van der Waals surface area contributed by atoms with Gasteiger partial charge in [0.15, 0.2) is 0 Å². The minimum absolute atomic E-state index is 0.249. The average molecular weight is 378 g/mol. The Morgan fingerprint density at radius 3 is 2.17 bits per heavy atom. The minimum Gasteiger partial charge on any atom is -0.497 e. The Bertz CT molecular complexity index is 1140. The van der Waals surface area contributed by atoms with Gasteiger partial charge in [-0.15, -0.1) is 0 Å². The summed E-state index contributed by atoms with van der Waals surface area (Å²) < 4.78 is 5.37. The lowest BCUT2D eigenvalue weighted by Gasteiger charge is -2.34. The number of nitrogens with zero attached hydrogens (tertiary/aromatic N) is 1. The zero-order valence-electron chi connectivity index (χ0n) is 16.3. The Hall–Kier alpha value is -3.59. The Labute approximate surface area is 170 Å². The molecular weight excluding hydrogens is 356 g/mol. The van der Waals surface area contributed by atoms with Crippen LogP contribution in [0.25, 0.3) is 17.3 Å². The predicted octanol–water partition coefficient (Wildman–Crippen LogP) is 5.64. The molecular formula is C26H22N2O. The summed E-state index contributed by atoms with van der Waals surface area (Å²) in [4.78, 5) is 0. The highest BCUT2D eigenvalue weighted by molar-refractivity contribution is 5.76. The summed E-state index contributed by atoms with van der Waals surface area (Å²) in [6, 6.07) is 29.4. The second-order valence-corrected chi connectivity index (χ2v) is 7.41. The normalized spacial score (nSPS) is 17.7. The topological polar surface area (TPSA) is 37.9 Å². The number of benzene rings is 3. The van der Waals surface area contributed by atoms with Crippen LogP contribution in [-0.2, 0) is 11.8 Å². The molecule has 5 rings (SSSR count). The number of hydrogen-bond donors (Lipinski definition) is 1. The van der Waals surface area contributed by atoms with Crippen LogP contribution < -0.4 is 4.74 Å². The minimum atomic E-state index is -0.249. The molecule has 1 aromatic heterocycles. The third kappa shape index (κ3) is 2.95. The molecule has 3 aromatic carbocycles. The third-order valence-electron chi connectivity index (χ3n) is 5.81. The largest absolute Gasteiger partial charge is 0.497 e. The van der Waals surface area contributed by atoms with Crippen molar-refractivity contribution in [1.29, 1.82) is 0 Å². The van der Waals surface area contributed by atoms with E-state index in [1.807, 2.05) is 18.2 Å². The molecule has 3 nitrogen and oxygen atoms in total. The van der Waals surface area contributed by atoms with E-state index in [2.05, 4.69) is 89.1 Å². The molecule has 0 radical (unpaired) electrons. The van der Waals surface area contributed by atoms with Gasteiger partial charge in [0.2, 0.25) is 0 Å². The lowest BCUT2D eigenvalue weighted by atomic mass is 9.68. The van der Waals surface area contributed by atoms with E-state index < -0.39 is 0 Å². The average Bonchev–Trinajstić information content (AvgIpc) is 3.23. The van der Waals surface area contributed by atoms with Crippen molar-refractivity contribution in [2.45, 2.75) is 11.8 Å². The SMILES string of the molecule is COc1ccc(C2(c3ccccc3)C=Cc3c(-c4ccccc4)n[nH]c3C2)cc1. The number of aromatic nitrogens is 2. The van der Waals surface area contributed by atoms with E-state index >= 15 is 0 Å². The van der Waals surface area contributed by atoms with Crippen molar-refractivity contribution in [3.05, 3.63) is 113 Å². The van der Waals surface area contributed by atoms with Crippen molar-refractivity contribution >= 4 is 6.08 Å². The third-order valence-corrected chi connectivity index (χ3v) is 5.81. The van der Waals surface area contributed by atoms with Gasteiger partial charge < -0.3 is 4.74 Å². The molecule has 1 atom stereocenters. The van der Waals surface area contributed by atoms with Crippen LogP contribution in [-0.4, -0.2) is 17.3 Å². The lowest BCUT2D eigenvalue weighted by molar-refractivity contribution is 0.414. The molecule has 142 valence electrons. The molecule has 3 heteroatoms. The molecule has 4 aromatic rings.